The van der Waals surface area contributed by atoms with Crippen LogP contribution in [0.5, 0.6) is 0 Å². The van der Waals surface area contributed by atoms with Crippen LogP contribution in [0.4, 0.5) is 0 Å². The number of hydrogen-bond acceptors (Lipinski definition) is 4. The third kappa shape index (κ3) is 2.98. The van der Waals surface area contributed by atoms with E-state index in [0.717, 1.165) is 29.3 Å². The van der Waals surface area contributed by atoms with Crippen molar-refractivity contribution in [1.82, 2.24) is 10.3 Å². The summed E-state index contributed by atoms with van der Waals surface area (Å²) in [6.07, 6.45) is 3.83. The van der Waals surface area contributed by atoms with Crippen molar-refractivity contribution < 1.29 is 9.21 Å². The van der Waals surface area contributed by atoms with Gasteiger partial charge in [-0.25, -0.2) is 4.98 Å². The average molecular weight is 297 g/mol. The molecule has 1 amide bonds. The Morgan fingerprint density at radius 3 is 3.11 bits per heavy atom. The van der Waals surface area contributed by atoms with Gasteiger partial charge < -0.3 is 9.73 Å². The highest BCUT2D eigenvalue weighted by Crippen LogP contribution is 2.51. The van der Waals surface area contributed by atoms with E-state index in [-0.39, 0.29) is 10.8 Å². The first-order valence-electron chi connectivity index (χ1n) is 6.09. The van der Waals surface area contributed by atoms with Gasteiger partial charge in [-0.1, -0.05) is 0 Å². The zero-order valence-electron chi connectivity index (χ0n) is 10.2. The summed E-state index contributed by atoms with van der Waals surface area (Å²) in [6, 6.07) is 3.62. The largest absolute Gasteiger partial charge is 0.467 e. The maximum absolute atomic E-state index is 11.8. The number of halogens is 1. The van der Waals surface area contributed by atoms with Gasteiger partial charge in [0.25, 0.3) is 0 Å². The van der Waals surface area contributed by atoms with Gasteiger partial charge in [-0.2, -0.15) is 0 Å². The SMILES string of the molecule is O=C(Cc1nc(C2(Cl)CC2)cs1)NCc1ccco1. The van der Waals surface area contributed by atoms with Gasteiger partial charge in [0.2, 0.25) is 5.91 Å². The lowest BCUT2D eigenvalue weighted by atomic mass is 10.3. The number of hydrogen-bond donors (Lipinski definition) is 1. The van der Waals surface area contributed by atoms with Crippen molar-refractivity contribution in [2.75, 3.05) is 0 Å². The number of nitrogens with one attached hydrogen (secondary N) is 1. The van der Waals surface area contributed by atoms with E-state index in [1.807, 2.05) is 11.4 Å². The second-order valence-electron chi connectivity index (χ2n) is 4.62. The number of thiazole rings is 1. The zero-order chi connectivity index (χ0) is 13.3. The van der Waals surface area contributed by atoms with Crippen LogP contribution in [-0.2, 0) is 22.6 Å². The van der Waals surface area contributed by atoms with Crippen molar-refractivity contribution in [1.29, 1.82) is 0 Å². The van der Waals surface area contributed by atoms with Crippen LogP contribution in [0.15, 0.2) is 28.2 Å². The monoisotopic (exact) mass is 296 g/mol. The molecule has 0 radical (unpaired) electrons. The van der Waals surface area contributed by atoms with Crippen LogP contribution in [-0.4, -0.2) is 10.9 Å². The molecule has 0 bridgehead atoms. The summed E-state index contributed by atoms with van der Waals surface area (Å²) in [6.45, 7) is 0.406. The molecule has 2 heterocycles. The number of rotatable bonds is 5. The molecule has 1 aliphatic carbocycles. The Bertz CT molecular complexity index is 575. The predicted octanol–water partition coefficient (Wildman–Crippen LogP) is 2.82. The van der Waals surface area contributed by atoms with Crippen LogP contribution >= 0.6 is 22.9 Å². The maximum Gasteiger partial charge on any atom is 0.227 e. The molecule has 100 valence electrons. The Morgan fingerprint density at radius 1 is 1.58 bits per heavy atom. The van der Waals surface area contributed by atoms with E-state index in [1.165, 1.54) is 11.3 Å². The maximum atomic E-state index is 11.8. The van der Waals surface area contributed by atoms with Crippen LogP contribution in [0.1, 0.15) is 29.3 Å². The summed E-state index contributed by atoms with van der Waals surface area (Å²) in [5.74, 6) is 0.683. The van der Waals surface area contributed by atoms with Gasteiger partial charge in [0, 0.05) is 5.38 Å². The molecule has 19 heavy (non-hydrogen) atoms. The van der Waals surface area contributed by atoms with Crippen LogP contribution in [0.25, 0.3) is 0 Å². The van der Waals surface area contributed by atoms with Crippen molar-refractivity contribution in [3.05, 3.63) is 40.2 Å². The van der Waals surface area contributed by atoms with Crippen molar-refractivity contribution >= 4 is 28.8 Å². The summed E-state index contributed by atoms with van der Waals surface area (Å²) < 4.78 is 5.15. The fraction of sp³-hybridized carbons (Fsp3) is 0.385. The van der Waals surface area contributed by atoms with Crippen molar-refractivity contribution in [3.8, 4) is 0 Å². The molecule has 6 heteroatoms. The van der Waals surface area contributed by atoms with E-state index in [2.05, 4.69) is 10.3 Å². The molecule has 0 saturated heterocycles. The number of amides is 1. The molecule has 0 aliphatic heterocycles. The summed E-state index contributed by atoms with van der Waals surface area (Å²) in [7, 11) is 0. The fourth-order valence-electron chi connectivity index (χ4n) is 1.76. The molecular formula is C13H13ClN2O2S. The topological polar surface area (TPSA) is 55.1 Å². The predicted molar refractivity (Wildman–Crippen MR) is 73.1 cm³/mol. The molecule has 4 nitrogen and oxygen atoms in total. The Balaban J connectivity index is 1.53. The van der Waals surface area contributed by atoms with Crippen LogP contribution < -0.4 is 5.32 Å². The number of furan rings is 1. The molecule has 1 saturated carbocycles. The first kappa shape index (κ1) is 12.7. The zero-order valence-corrected chi connectivity index (χ0v) is 11.8. The number of aromatic nitrogens is 1. The molecule has 1 aliphatic rings. The Morgan fingerprint density at radius 2 is 2.42 bits per heavy atom. The average Bonchev–Trinajstić information content (AvgIpc) is 2.88. The van der Waals surface area contributed by atoms with Gasteiger partial charge in [-0.3, -0.25) is 4.79 Å². The molecule has 0 atom stereocenters. The quantitative estimate of drug-likeness (QED) is 0.863. The number of alkyl halides is 1. The van der Waals surface area contributed by atoms with Crippen molar-refractivity contribution in [2.45, 2.75) is 30.7 Å². The van der Waals surface area contributed by atoms with E-state index >= 15 is 0 Å². The molecule has 0 unspecified atom stereocenters. The minimum Gasteiger partial charge on any atom is -0.467 e. The summed E-state index contributed by atoms with van der Waals surface area (Å²) in [5.41, 5.74) is 0.910. The Hall–Kier alpha value is -1.33. The van der Waals surface area contributed by atoms with Gasteiger partial charge in [0.05, 0.1) is 29.8 Å². The van der Waals surface area contributed by atoms with Gasteiger partial charge in [-0.15, -0.1) is 22.9 Å². The standard InChI is InChI=1S/C13H13ClN2O2S/c14-13(3-4-13)10-8-19-12(16-10)6-11(17)15-7-9-2-1-5-18-9/h1-2,5,8H,3-4,6-7H2,(H,15,17). The second kappa shape index (κ2) is 4.98. The van der Waals surface area contributed by atoms with Gasteiger partial charge >= 0.3 is 0 Å². The summed E-state index contributed by atoms with van der Waals surface area (Å²) >= 11 is 7.77. The molecule has 1 fully saturated rings. The van der Waals surface area contributed by atoms with E-state index in [0.29, 0.717) is 13.0 Å². The minimum absolute atomic E-state index is 0.0586. The van der Waals surface area contributed by atoms with Crippen LogP contribution in [0.3, 0.4) is 0 Å². The second-order valence-corrected chi connectivity index (χ2v) is 6.29. The van der Waals surface area contributed by atoms with Crippen LogP contribution in [0.2, 0.25) is 0 Å². The number of nitrogens with zero attached hydrogens (tertiary/aromatic N) is 1. The van der Waals surface area contributed by atoms with Gasteiger partial charge in [0.1, 0.15) is 10.8 Å². The normalized spacial score (nSPS) is 16.3. The number of carbonyl (C=O) groups excluding carboxylic acids is 1. The fourth-order valence-corrected chi connectivity index (χ4v) is 2.91. The van der Waals surface area contributed by atoms with E-state index in [4.69, 9.17) is 16.0 Å². The molecule has 1 N–H and O–H groups in total. The third-order valence-electron chi connectivity index (χ3n) is 3.05. The van der Waals surface area contributed by atoms with E-state index < -0.39 is 0 Å². The molecule has 3 rings (SSSR count). The lowest BCUT2D eigenvalue weighted by Gasteiger charge is -2.01. The van der Waals surface area contributed by atoms with Crippen molar-refractivity contribution in [2.24, 2.45) is 0 Å². The molecule has 2 aromatic heterocycles. The summed E-state index contributed by atoms with van der Waals surface area (Å²) in [4.78, 5) is 15.9. The molecule has 0 aromatic carbocycles. The first-order valence-corrected chi connectivity index (χ1v) is 7.34. The number of carbonyl (C=O) groups is 1. The van der Waals surface area contributed by atoms with E-state index in [9.17, 15) is 4.79 Å². The molecular weight excluding hydrogens is 284 g/mol. The Labute approximate surface area is 119 Å². The highest BCUT2D eigenvalue weighted by atomic mass is 35.5. The molecule has 0 spiro atoms. The Kier molecular flexibility index (Phi) is 3.33. The van der Waals surface area contributed by atoms with Gasteiger partial charge in [0.15, 0.2) is 0 Å². The van der Waals surface area contributed by atoms with Gasteiger partial charge in [-0.05, 0) is 25.0 Å². The third-order valence-corrected chi connectivity index (χ3v) is 4.47. The first-order chi connectivity index (χ1) is 9.16. The van der Waals surface area contributed by atoms with E-state index in [1.54, 1.807) is 12.3 Å². The smallest absolute Gasteiger partial charge is 0.227 e. The molecule has 2 aromatic rings. The lowest BCUT2D eigenvalue weighted by Crippen LogP contribution is -2.24. The van der Waals surface area contributed by atoms with Crippen LogP contribution in [0, 0.1) is 0 Å². The highest BCUT2D eigenvalue weighted by molar-refractivity contribution is 7.09. The van der Waals surface area contributed by atoms with Crippen molar-refractivity contribution in [3.63, 3.8) is 0 Å². The highest BCUT2D eigenvalue weighted by Gasteiger charge is 2.44. The summed E-state index contributed by atoms with van der Waals surface area (Å²) in [5, 5.41) is 5.56. The minimum atomic E-state index is -0.251. The lowest BCUT2D eigenvalue weighted by molar-refractivity contribution is -0.120.